The van der Waals surface area contributed by atoms with Crippen LogP contribution in [-0.4, -0.2) is 52.5 Å². The molecule has 2 aromatic rings. The molecule has 9 heteroatoms. The SMILES string of the molecule is C#CCOc1c(/C=N\NC(=O)CNC(=O)c2ccc(OC)c(OC)c2)cccc1OC. The summed E-state index contributed by atoms with van der Waals surface area (Å²) in [5.74, 6) is 3.20. The standard InChI is InChI=1S/C22H23N3O6/c1-5-11-31-21-16(7-6-8-18(21)29-3)13-24-25-20(26)14-23-22(27)15-9-10-17(28-2)19(12-15)30-4/h1,6-10,12-13H,11,14H2,2-4H3,(H,23,27)(H,25,26)/b24-13-. The number of carbonyl (C=O) groups excluding carboxylic acids is 2. The summed E-state index contributed by atoms with van der Waals surface area (Å²) in [4.78, 5) is 24.3. The molecule has 2 rings (SSSR count). The van der Waals surface area contributed by atoms with E-state index in [1.807, 2.05) is 0 Å². The number of benzene rings is 2. The van der Waals surface area contributed by atoms with Gasteiger partial charge in [-0.2, -0.15) is 5.10 Å². The zero-order valence-corrected chi connectivity index (χ0v) is 17.4. The molecule has 0 saturated heterocycles. The van der Waals surface area contributed by atoms with Gasteiger partial charge in [-0.15, -0.1) is 6.42 Å². The smallest absolute Gasteiger partial charge is 0.259 e. The van der Waals surface area contributed by atoms with E-state index in [1.54, 1.807) is 30.3 Å². The Morgan fingerprint density at radius 1 is 1.06 bits per heavy atom. The number of hydrogen-bond donors (Lipinski definition) is 2. The Balaban J connectivity index is 1.95. The van der Waals surface area contributed by atoms with Gasteiger partial charge in [0.25, 0.3) is 11.8 Å². The third-order valence-corrected chi connectivity index (χ3v) is 3.98. The van der Waals surface area contributed by atoms with E-state index in [-0.39, 0.29) is 13.2 Å². The van der Waals surface area contributed by atoms with Crippen LogP contribution in [0.5, 0.6) is 23.0 Å². The molecule has 9 nitrogen and oxygen atoms in total. The van der Waals surface area contributed by atoms with Gasteiger partial charge in [0, 0.05) is 11.1 Å². The minimum absolute atomic E-state index is 0.0513. The number of hydrogen-bond acceptors (Lipinski definition) is 7. The summed E-state index contributed by atoms with van der Waals surface area (Å²) >= 11 is 0. The molecule has 0 bridgehead atoms. The van der Waals surface area contributed by atoms with Gasteiger partial charge in [0.1, 0.15) is 6.61 Å². The second-order valence-corrected chi connectivity index (χ2v) is 5.92. The molecule has 2 N–H and O–H groups in total. The second-order valence-electron chi connectivity index (χ2n) is 5.92. The Bertz CT molecular complexity index is 997. The van der Waals surface area contributed by atoms with Crippen molar-refractivity contribution in [3.63, 3.8) is 0 Å². The summed E-state index contributed by atoms with van der Waals surface area (Å²) in [6.07, 6.45) is 6.63. The van der Waals surface area contributed by atoms with E-state index in [0.717, 1.165) is 0 Å². The van der Waals surface area contributed by atoms with Crippen LogP contribution in [-0.2, 0) is 4.79 Å². The molecule has 0 atom stereocenters. The molecule has 0 aliphatic rings. The quantitative estimate of drug-likeness (QED) is 0.340. The number of carbonyl (C=O) groups is 2. The topological polar surface area (TPSA) is 107 Å². The molecule has 0 aliphatic carbocycles. The van der Waals surface area contributed by atoms with E-state index in [2.05, 4.69) is 21.8 Å². The predicted octanol–water partition coefficient (Wildman–Crippen LogP) is 1.60. The van der Waals surface area contributed by atoms with Crippen molar-refractivity contribution in [2.24, 2.45) is 5.10 Å². The fraction of sp³-hybridized carbons (Fsp3) is 0.227. The molecule has 2 aromatic carbocycles. The molecule has 0 heterocycles. The highest BCUT2D eigenvalue weighted by atomic mass is 16.5. The van der Waals surface area contributed by atoms with Crippen molar-refractivity contribution >= 4 is 18.0 Å². The number of para-hydroxylation sites is 1. The summed E-state index contributed by atoms with van der Waals surface area (Å²) in [5, 5.41) is 6.39. The minimum Gasteiger partial charge on any atom is -0.493 e. The molecular weight excluding hydrogens is 402 g/mol. The minimum atomic E-state index is -0.515. The summed E-state index contributed by atoms with van der Waals surface area (Å²) in [5.41, 5.74) is 3.21. The zero-order valence-electron chi connectivity index (χ0n) is 17.4. The third kappa shape index (κ3) is 6.40. The number of rotatable bonds is 10. The van der Waals surface area contributed by atoms with Crippen molar-refractivity contribution in [2.75, 3.05) is 34.5 Å². The second kappa shape index (κ2) is 11.7. The van der Waals surface area contributed by atoms with Gasteiger partial charge in [0.05, 0.1) is 34.1 Å². The number of nitrogens with one attached hydrogen (secondary N) is 2. The maximum Gasteiger partial charge on any atom is 0.259 e. The fourth-order valence-electron chi connectivity index (χ4n) is 2.52. The first-order chi connectivity index (χ1) is 15.0. The lowest BCUT2D eigenvalue weighted by Crippen LogP contribution is -2.34. The first kappa shape index (κ1) is 23.1. The summed E-state index contributed by atoms with van der Waals surface area (Å²) in [6, 6.07) is 9.87. The Hall–Kier alpha value is -4.19. The van der Waals surface area contributed by atoms with Crippen LogP contribution in [0, 0.1) is 12.3 Å². The predicted molar refractivity (Wildman–Crippen MR) is 115 cm³/mol. The molecule has 0 aromatic heterocycles. The van der Waals surface area contributed by atoms with Crippen molar-refractivity contribution in [1.29, 1.82) is 0 Å². The zero-order chi connectivity index (χ0) is 22.6. The van der Waals surface area contributed by atoms with Gasteiger partial charge in [-0.25, -0.2) is 5.43 Å². The number of methoxy groups -OCH3 is 3. The average molecular weight is 425 g/mol. The Labute approximate surface area is 180 Å². The van der Waals surface area contributed by atoms with E-state index < -0.39 is 11.8 Å². The largest absolute Gasteiger partial charge is 0.493 e. The highest BCUT2D eigenvalue weighted by Gasteiger charge is 2.12. The van der Waals surface area contributed by atoms with Crippen LogP contribution >= 0.6 is 0 Å². The number of ether oxygens (including phenoxy) is 4. The normalized spacial score (nSPS) is 10.1. The summed E-state index contributed by atoms with van der Waals surface area (Å²) in [6.45, 7) is -0.223. The van der Waals surface area contributed by atoms with Crippen LogP contribution in [0.2, 0.25) is 0 Å². The van der Waals surface area contributed by atoms with Gasteiger partial charge in [-0.1, -0.05) is 12.0 Å². The molecule has 0 aliphatic heterocycles. The van der Waals surface area contributed by atoms with Gasteiger partial charge >= 0.3 is 0 Å². The molecule has 2 amide bonds. The highest BCUT2D eigenvalue weighted by Crippen LogP contribution is 2.30. The van der Waals surface area contributed by atoms with Gasteiger partial charge in [0.2, 0.25) is 0 Å². The van der Waals surface area contributed by atoms with E-state index in [0.29, 0.717) is 34.1 Å². The Morgan fingerprint density at radius 2 is 1.81 bits per heavy atom. The van der Waals surface area contributed by atoms with Crippen LogP contribution in [0.3, 0.4) is 0 Å². The molecule has 0 spiro atoms. The van der Waals surface area contributed by atoms with Gasteiger partial charge in [-0.3, -0.25) is 9.59 Å². The molecule has 0 fully saturated rings. The number of amides is 2. The Morgan fingerprint density at radius 3 is 2.48 bits per heavy atom. The van der Waals surface area contributed by atoms with Crippen molar-refractivity contribution < 1.29 is 28.5 Å². The molecule has 0 radical (unpaired) electrons. The van der Waals surface area contributed by atoms with Crippen LogP contribution in [0.1, 0.15) is 15.9 Å². The van der Waals surface area contributed by atoms with Crippen molar-refractivity contribution in [2.45, 2.75) is 0 Å². The van der Waals surface area contributed by atoms with Crippen LogP contribution in [0.4, 0.5) is 0 Å². The first-order valence-corrected chi connectivity index (χ1v) is 9.09. The lowest BCUT2D eigenvalue weighted by molar-refractivity contribution is -0.120. The molecule has 31 heavy (non-hydrogen) atoms. The maximum absolute atomic E-state index is 12.3. The number of nitrogens with zero attached hydrogens (tertiary/aromatic N) is 1. The van der Waals surface area contributed by atoms with Crippen LogP contribution < -0.4 is 29.7 Å². The van der Waals surface area contributed by atoms with E-state index in [1.165, 1.54) is 33.6 Å². The van der Waals surface area contributed by atoms with Gasteiger partial charge < -0.3 is 24.3 Å². The van der Waals surface area contributed by atoms with E-state index in [4.69, 9.17) is 25.4 Å². The highest BCUT2D eigenvalue weighted by molar-refractivity contribution is 5.97. The van der Waals surface area contributed by atoms with Crippen LogP contribution in [0.15, 0.2) is 41.5 Å². The molecule has 0 unspecified atom stereocenters. The first-order valence-electron chi connectivity index (χ1n) is 9.09. The summed E-state index contributed by atoms with van der Waals surface area (Å²) in [7, 11) is 4.47. The van der Waals surface area contributed by atoms with Gasteiger partial charge in [0.15, 0.2) is 23.0 Å². The number of hydrazone groups is 1. The Kier molecular flexibility index (Phi) is 8.73. The van der Waals surface area contributed by atoms with E-state index in [9.17, 15) is 9.59 Å². The molecular formula is C22H23N3O6. The van der Waals surface area contributed by atoms with Crippen molar-refractivity contribution in [3.05, 3.63) is 47.5 Å². The lowest BCUT2D eigenvalue weighted by atomic mass is 10.2. The fourth-order valence-corrected chi connectivity index (χ4v) is 2.52. The summed E-state index contributed by atoms with van der Waals surface area (Å²) < 4.78 is 21.0. The molecule has 162 valence electrons. The van der Waals surface area contributed by atoms with Crippen molar-refractivity contribution in [1.82, 2.24) is 10.7 Å². The van der Waals surface area contributed by atoms with Crippen LogP contribution in [0.25, 0.3) is 0 Å². The van der Waals surface area contributed by atoms with Crippen molar-refractivity contribution in [3.8, 4) is 35.3 Å². The monoisotopic (exact) mass is 425 g/mol. The third-order valence-electron chi connectivity index (χ3n) is 3.98. The number of terminal acetylenes is 1. The van der Waals surface area contributed by atoms with Gasteiger partial charge in [-0.05, 0) is 30.3 Å². The van der Waals surface area contributed by atoms with E-state index >= 15 is 0 Å². The lowest BCUT2D eigenvalue weighted by Gasteiger charge is -2.11. The molecule has 0 saturated carbocycles. The maximum atomic E-state index is 12.3. The average Bonchev–Trinajstić information content (AvgIpc) is 2.80.